The predicted molar refractivity (Wildman–Crippen MR) is 56.8 cm³/mol. The minimum Gasteiger partial charge on any atom is -0.460 e. The molecule has 0 atom stereocenters. The van der Waals surface area contributed by atoms with Crippen molar-refractivity contribution in [3.05, 3.63) is 23.4 Å². The third kappa shape index (κ3) is 1.96. The van der Waals surface area contributed by atoms with Crippen LogP contribution in [0.15, 0.2) is 12.4 Å². The molecule has 2 rings (SSSR count). The maximum atomic E-state index is 11.7. The molecule has 7 nitrogen and oxygen atoms in total. The summed E-state index contributed by atoms with van der Waals surface area (Å²) in [6.45, 7) is 1.72. The SMILES string of the molecule is CCOC(=O)C(=O)c1nnc2c(Cl)nccn12. The molecule has 0 amide bonds. The molecule has 0 aliphatic heterocycles. The molecule has 0 saturated heterocycles. The number of hydrogen-bond donors (Lipinski definition) is 0. The number of fused-ring (bicyclic) bond motifs is 1. The predicted octanol–water partition coefficient (Wildman–Crippen LogP) is 0.523. The molecule has 0 aliphatic rings. The Morgan fingerprint density at radius 2 is 2.24 bits per heavy atom. The van der Waals surface area contributed by atoms with Crippen molar-refractivity contribution in [2.45, 2.75) is 6.92 Å². The highest BCUT2D eigenvalue weighted by atomic mass is 35.5. The summed E-state index contributed by atoms with van der Waals surface area (Å²) in [5, 5.41) is 7.37. The van der Waals surface area contributed by atoms with Crippen LogP contribution in [0, 0.1) is 0 Å². The van der Waals surface area contributed by atoms with Gasteiger partial charge in [-0.15, -0.1) is 10.2 Å². The smallest absolute Gasteiger partial charge is 0.383 e. The number of aromatic nitrogens is 4. The summed E-state index contributed by atoms with van der Waals surface area (Å²) in [4.78, 5) is 26.7. The fourth-order valence-corrected chi connectivity index (χ4v) is 1.42. The normalized spacial score (nSPS) is 10.5. The molecule has 0 saturated carbocycles. The standard InChI is InChI=1S/C9H7ClN4O3/c1-2-17-9(16)5(15)7-12-13-8-6(10)11-3-4-14(7)8/h3-4H,2H2,1H3. The third-order valence-corrected chi connectivity index (χ3v) is 2.21. The minimum atomic E-state index is -0.977. The molecule has 0 aliphatic carbocycles. The molecule has 0 bridgehead atoms. The summed E-state index contributed by atoms with van der Waals surface area (Å²) >= 11 is 5.75. The molecule has 0 fully saturated rings. The fraction of sp³-hybridized carbons (Fsp3) is 0.222. The van der Waals surface area contributed by atoms with Gasteiger partial charge in [0.1, 0.15) is 0 Å². The molecule has 2 aromatic heterocycles. The number of ketones is 1. The molecule has 0 N–H and O–H groups in total. The van der Waals surface area contributed by atoms with Crippen LogP contribution >= 0.6 is 11.6 Å². The van der Waals surface area contributed by atoms with Crippen molar-refractivity contribution < 1.29 is 14.3 Å². The lowest BCUT2D eigenvalue weighted by molar-refractivity contribution is -0.137. The van der Waals surface area contributed by atoms with Crippen LogP contribution in [0.5, 0.6) is 0 Å². The van der Waals surface area contributed by atoms with E-state index < -0.39 is 11.8 Å². The van der Waals surface area contributed by atoms with Crippen LogP contribution in [-0.2, 0) is 9.53 Å². The molecule has 0 radical (unpaired) electrons. The first-order valence-electron chi connectivity index (χ1n) is 4.71. The molecule has 17 heavy (non-hydrogen) atoms. The Labute approximate surface area is 100 Å². The Morgan fingerprint density at radius 3 is 2.94 bits per heavy atom. The lowest BCUT2D eigenvalue weighted by Crippen LogP contribution is -2.20. The maximum absolute atomic E-state index is 11.7. The van der Waals surface area contributed by atoms with E-state index in [1.165, 1.54) is 16.8 Å². The molecule has 2 heterocycles. The van der Waals surface area contributed by atoms with Gasteiger partial charge in [-0.25, -0.2) is 9.78 Å². The number of carbonyl (C=O) groups excluding carboxylic acids is 2. The van der Waals surface area contributed by atoms with Gasteiger partial charge in [0.25, 0.3) is 0 Å². The second-order valence-electron chi connectivity index (χ2n) is 2.98. The largest absolute Gasteiger partial charge is 0.460 e. The zero-order valence-corrected chi connectivity index (χ0v) is 9.51. The number of nitrogens with zero attached hydrogens (tertiary/aromatic N) is 4. The number of ether oxygens (including phenoxy) is 1. The second kappa shape index (κ2) is 4.46. The van der Waals surface area contributed by atoms with Crippen molar-refractivity contribution in [3.8, 4) is 0 Å². The van der Waals surface area contributed by atoms with Crippen molar-refractivity contribution in [1.82, 2.24) is 19.6 Å². The molecule has 0 spiro atoms. The average Bonchev–Trinajstić information content (AvgIpc) is 2.73. The summed E-state index contributed by atoms with van der Waals surface area (Å²) in [7, 11) is 0. The van der Waals surface area contributed by atoms with Crippen molar-refractivity contribution in [2.24, 2.45) is 0 Å². The van der Waals surface area contributed by atoms with E-state index in [4.69, 9.17) is 11.6 Å². The first-order chi connectivity index (χ1) is 8.15. The highest BCUT2D eigenvalue weighted by Crippen LogP contribution is 2.12. The van der Waals surface area contributed by atoms with Gasteiger partial charge in [0, 0.05) is 12.4 Å². The van der Waals surface area contributed by atoms with Gasteiger partial charge in [-0.3, -0.25) is 9.20 Å². The van der Waals surface area contributed by atoms with Crippen molar-refractivity contribution in [3.63, 3.8) is 0 Å². The third-order valence-electron chi connectivity index (χ3n) is 1.95. The Bertz CT molecular complexity index is 595. The van der Waals surface area contributed by atoms with Gasteiger partial charge in [-0.05, 0) is 6.92 Å². The van der Waals surface area contributed by atoms with Crippen LogP contribution in [0.1, 0.15) is 17.5 Å². The first kappa shape index (κ1) is 11.5. The second-order valence-corrected chi connectivity index (χ2v) is 3.34. The highest BCUT2D eigenvalue weighted by Gasteiger charge is 2.24. The van der Waals surface area contributed by atoms with E-state index in [-0.39, 0.29) is 23.2 Å². The number of carbonyl (C=O) groups is 2. The highest BCUT2D eigenvalue weighted by molar-refractivity contribution is 6.39. The zero-order chi connectivity index (χ0) is 12.4. The molecule has 2 aromatic rings. The Balaban J connectivity index is 2.46. The van der Waals surface area contributed by atoms with Crippen molar-refractivity contribution in [1.29, 1.82) is 0 Å². The van der Waals surface area contributed by atoms with Crippen LogP contribution in [0.3, 0.4) is 0 Å². The summed E-state index contributed by atoms with van der Waals surface area (Å²) in [6.07, 6.45) is 2.81. The summed E-state index contributed by atoms with van der Waals surface area (Å²) < 4.78 is 5.87. The molecule has 8 heteroatoms. The maximum Gasteiger partial charge on any atom is 0.383 e. The van der Waals surface area contributed by atoms with E-state index in [9.17, 15) is 9.59 Å². The quantitative estimate of drug-likeness (QED) is 0.451. The van der Waals surface area contributed by atoms with Crippen LogP contribution in [0.25, 0.3) is 5.65 Å². The first-order valence-corrected chi connectivity index (χ1v) is 5.09. The van der Waals surface area contributed by atoms with Crippen LogP contribution < -0.4 is 0 Å². The van der Waals surface area contributed by atoms with E-state index in [1.807, 2.05) is 0 Å². The van der Waals surface area contributed by atoms with E-state index >= 15 is 0 Å². The van der Waals surface area contributed by atoms with Crippen LogP contribution in [-0.4, -0.2) is 37.9 Å². The molecule has 0 aromatic carbocycles. The lowest BCUT2D eigenvalue weighted by Gasteiger charge is -1.99. The van der Waals surface area contributed by atoms with E-state index in [1.54, 1.807) is 6.92 Å². The van der Waals surface area contributed by atoms with Crippen molar-refractivity contribution >= 4 is 29.0 Å². The Hall–Kier alpha value is -2.02. The Morgan fingerprint density at radius 1 is 1.47 bits per heavy atom. The van der Waals surface area contributed by atoms with Gasteiger partial charge in [0.15, 0.2) is 10.8 Å². The lowest BCUT2D eigenvalue weighted by atomic mass is 10.4. The zero-order valence-electron chi connectivity index (χ0n) is 8.75. The van der Waals surface area contributed by atoms with E-state index in [2.05, 4.69) is 19.9 Å². The topological polar surface area (TPSA) is 86.5 Å². The van der Waals surface area contributed by atoms with Gasteiger partial charge in [0.2, 0.25) is 5.82 Å². The summed E-state index contributed by atoms with van der Waals surface area (Å²) in [5.74, 6) is -2.00. The Kier molecular flexibility index (Phi) is 3.01. The van der Waals surface area contributed by atoms with Gasteiger partial charge in [-0.2, -0.15) is 0 Å². The summed E-state index contributed by atoms with van der Waals surface area (Å²) in [6, 6.07) is 0. The monoisotopic (exact) mass is 254 g/mol. The molecule has 88 valence electrons. The number of halogens is 1. The van der Waals surface area contributed by atoms with E-state index in [0.717, 1.165) is 0 Å². The minimum absolute atomic E-state index is 0.0999. The van der Waals surface area contributed by atoms with E-state index in [0.29, 0.717) is 0 Å². The number of rotatable bonds is 3. The van der Waals surface area contributed by atoms with Crippen LogP contribution in [0.2, 0.25) is 5.15 Å². The van der Waals surface area contributed by atoms with Gasteiger partial charge in [-0.1, -0.05) is 11.6 Å². The number of Topliss-reactive ketones (excluding diaryl/α,β-unsaturated/α-hetero) is 1. The van der Waals surface area contributed by atoms with Gasteiger partial charge >= 0.3 is 11.8 Å². The average molecular weight is 255 g/mol. The van der Waals surface area contributed by atoms with Crippen LogP contribution in [0.4, 0.5) is 0 Å². The number of hydrogen-bond acceptors (Lipinski definition) is 6. The fourth-order valence-electron chi connectivity index (χ4n) is 1.24. The summed E-state index contributed by atoms with van der Waals surface area (Å²) in [5.41, 5.74) is 0.210. The molecular weight excluding hydrogens is 248 g/mol. The number of esters is 1. The van der Waals surface area contributed by atoms with Gasteiger partial charge in [0.05, 0.1) is 6.61 Å². The van der Waals surface area contributed by atoms with Gasteiger partial charge < -0.3 is 4.74 Å². The molecule has 0 unspecified atom stereocenters. The molecular formula is C9H7ClN4O3. The van der Waals surface area contributed by atoms with Crippen molar-refractivity contribution in [2.75, 3.05) is 6.61 Å².